The average Bonchev–Trinajstić information content (AvgIpc) is 3.61. The normalized spacial score (nSPS) is 26.9. The van der Waals surface area contributed by atoms with Crippen LogP contribution < -0.4 is 0 Å². The van der Waals surface area contributed by atoms with Gasteiger partial charge in [-0.2, -0.15) is 0 Å². The first-order valence-electron chi connectivity index (χ1n) is 10.6. The van der Waals surface area contributed by atoms with Crippen molar-refractivity contribution in [2.24, 2.45) is 0 Å². The molecule has 0 radical (unpaired) electrons. The van der Waals surface area contributed by atoms with Gasteiger partial charge in [0.1, 0.15) is 18.3 Å². The van der Waals surface area contributed by atoms with Crippen molar-refractivity contribution in [2.45, 2.75) is 50.7 Å². The summed E-state index contributed by atoms with van der Waals surface area (Å²) in [7, 11) is 0. The minimum absolute atomic E-state index is 0.138. The largest absolute Gasteiger partial charge is 0.368 e. The van der Waals surface area contributed by atoms with Crippen molar-refractivity contribution in [3.05, 3.63) is 108 Å². The molecule has 0 N–H and O–H groups in total. The van der Waals surface area contributed by atoms with E-state index in [1.807, 2.05) is 91.0 Å². The first kappa shape index (κ1) is 20.4. The molecule has 2 aliphatic heterocycles. The van der Waals surface area contributed by atoms with Gasteiger partial charge in [0, 0.05) is 0 Å². The van der Waals surface area contributed by atoms with Gasteiger partial charge in [0.25, 0.3) is 0 Å². The molecular formula is C26H26O5. The topological polar surface area (TPSA) is 49.5 Å². The van der Waals surface area contributed by atoms with E-state index < -0.39 is 12.4 Å². The smallest absolute Gasteiger partial charge is 0.190 e. The lowest BCUT2D eigenvalue weighted by molar-refractivity contribution is -0.269. The van der Waals surface area contributed by atoms with Crippen molar-refractivity contribution in [2.75, 3.05) is 0 Å². The van der Waals surface area contributed by atoms with Crippen LogP contribution >= 0.6 is 0 Å². The van der Waals surface area contributed by atoms with E-state index in [9.17, 15) is 0 Å². The lowest BCUT2D eigenvalue weighted by Crippen LogP contribution is -2.51. The second kappa shape index (κ2) is 9.73. The van der Waals surface area contributed by atoms with Crippen molar-refractivity contribution in [1.82, 2.24) is 0 Å². The van der Waals surface area contributed by atoms with E-state index in [4.69, 9.17) is 23.7 Å². The van der Waals surface area contributed by atoms with Gasteiger partial charge in [0.05, 0.1) is 19.8 Å². The fourth-order valence-corrected chi connectivity index (χ4v) is 3.79. The highest BCUT2D eigenvalue weighted by atomic mass is 16.8. The minimum Gasteiger partial charge on any atom is -0.368 e. The Bertz CT molecular complexity index is 934. The maximum Gasteiger partial charge on any atom is 0.190 e. The molecule has 2 heterocycles. The Morgan fingerprint density at radius 1 is 0.516 bits per heavy atom. The van der Waals surface area contributed by atoms with Gasteiger partial charge < -0.3 is 23.7 Å². The molecule has 5 atom stereocenters. The van der Waals surface area contributed by atoms with Crippen molar-refractivity contribution in [1.29, 1.82) is 0 Å². The first-order chi connectivity index (χ1) is 15.4. The lowest BCUT2D eigenvalue weighted by atomic mass is 10.1. The van der Waals surface area contributed by atoms with E-state index in [2.05, 4.69) is 0 Å². The van der Waals surface area contributed by atoms with Gasteiger partial charge in [0.2, 0.25) is 0 Å². The van der Waals surface area contributed by atoms with Crippen LogP contribution in [0.25, 0.3) is 0 Å². The minimum atomic E-state index is -0.576. The molecule has 5 nitrogen and oxygen atoms in total. The van der Waals surface area contributed by atoms with E-state index in [1.165, 1.54) is 0 Å². The van der Waals surface area contributed by atoms with E-state index in [-0.39, 0.29) is 18.5 Å². The second-order valence-corrected chi connectivity index (χ2v) is 7.79. The standard InChI is InChI=1S/C26H26O5/c1-4-10-19(11-5-1)16-27-22-23(28-17-20-12-6-2-7-13-20)25(31-26-24(22)30-26)29-18-21-14-8-3-9-15-21/h1-15,22-26H,16-18H2/t22-,23-,24+,25-,26-/m0/s1. The maximum atomic E-state index is 6.31. The zero-order valence-electron chi connectivity index (χ0n) is 17.2. The molecule has 0 aromatic heterocycles. The molecule has 5 rings (SSSR count). The lowest BCUT2D eigenvalue weighted by Gasteiger charge is -2.35. The van der Waals surface area contributed by atoms with Gasteiger partial charge >= 0.3 is 0 Å². The molecule has 2 aliphatic rings. The fraction of sp³-hybridized carbons (Fsp3) is 0.308. The average molecular weight is 418 g/mol. The third-order valence-corrected chi connectivity index (χ3v) is 5.49. The summed E-state index contributed by atoms with van der Waals surface area (Å²) in [5.41, 5.74) is 3.27. The van der Waals surface area contributed by atoms with E-state index in [0.29, 0.717) is 19.8 Å². The summed E-state index contributed by atoms with van der Waals surface area (Å²) < 4.78 is 30.5. The van der Waals surface area contributed by atoms with Crippen LogP contribution in [0.15, 0.2) is 91.0 Å². The predicted molar refractivity (Wildman–Crippen MR) is 115 cm³/mol. The first-order valence-corrected chi connectivity index (χ1v) is 10.6. The van der Waals surface area contributed by atoms with Crippen molar-refractivity contribution in [3.63, 3.8) is 0 Å². The number of hydrogen-bond donors (Lipinski definition) is 0. The summed E-state index contributed by atoms with van der Waals surface area (Å²) in [5, 5.41) is 0. The van der Waals surface area contributed by atoms with Crippen LogP contribution in [0.4, 0.5) is 0 Å². The van der Waals surface area contributed by atoms with Crippen molar-refractivity contribution >= 4 is 0 Å². The number of benzene rings is 3. The highest BCUT2D eigenvalue weighted by molar-refractivity contribution is 5.15. The molecule has 0 bridgehead atoms. The fourth-order valence-electron chi connectivity index (χ4n) is 3.79. The van der Waals surface area contributed by atoms with E-state index in [1.54, 1.807) is 0 Å². The SMILES string of the molecule is c1ccc(CO[C@H]2O[C@@H]3O[C@@H]3[C@@H](OCc3ccccc3)[C@@H]2OCc2ccccc2)cc1. The van der Waals surface area contributed by atoms with Gasteiger partial charge in [0.15, 0.2) is 12.6 Å². The Morgan fingerprint density at radius 2 is 0.968 bits per heavy atom. The van der Waals surface area contributed by atoms with Crippen LogP contribution in [0.5, 0.6) is 0 Å². The molecule has 5 heteroatoms. The highest BCUT2D eigenvalue weighted by Gasteiger charge is 2.58. The van der Waals surface area contributed by atoms with Gasteiger partial charge in [-0.3, -0.25) is 0 Å². The van der Waals surface area contributed by atoms with Crippen LogP contribution in [-0.4, -0.2) is 30.9 Å². The summed E-state index contributed by atoms with van der Waals surface area (Å²) in [4.78, 5) is 0. The van der Waals surface area contributed by atoms with Crippen LogP contribution in [0.1, 0.15) is 16.7 Å². The van der Waals surface area contributed by atoms with E-state index in [0.717, 1.165) is 16.7 Å². The van der Waals surface area contributed by atoms with E-state index >= 15 is 0 Å². The van der Waals surface area contributed by atoms with Gasteiger partial charge in [-0.25, -0.2) is 0 Å². The molecule has 3 aromatic carbocycles. The second-order valence-electron chi connectivity index (χ2n) is 7.79. The van der Waals surface area contributed by atoms with Crippen LogP contribution in [0.3, 0.4) is 0 Å². The molecule has 0 amide bonds. The predicted octanol–water partition coefficient (Wildman–Crippen LogP) is 4.46. The molecular weight excluding hydrogens is 392 g/mol. The number of fused-ring (bicyclic) bond motifs is 1. The molecule has 0 unspecified atom stereocenters. The van der Waals surface area contributed by atoms with Crippen LogP contribution in [0, 0.1) is 0 Å². The van der Waals surface area contributed by atoms with Crippen LogP contribution in [-0.2, 0) is 43.5 Å². The van der Waals surface area contributed by atoms with Crippen LogP contribution in [0.2, 0.25) is 0 Å². The molecule has 0 aliphatic carbocycles. The third-order valence-electron chi connectivity index (χ3n) is 5.49. The van der Waals surface area contributed by atoms with Crippen molar-refractivity contribution in [3.8, 4) is 0 Å². The highest BCUT2D eigenvalue weighted by Crippen LogP contribution is 2.40. The Morgan fingerprint density at radius 3 is 1.48 bits per heavy atom. The summed E-state index contributed by atoms with van der Waals surface area (Å²) in [5.74, 6) is 0. The number of epoxide rings is 1. The summed E-state index contributed by atoms with van der Waals surface area (Å²) in [6.45, 7) is 1.36. The summed E-state index contributed by atoms with van der Waals surface area (Å²) >= 11 is 0. The Balaban J connectivity index is 1.30. The molecule has 2 saturated heterocycles. The molecule has 31 heavy (non-hydrogen) atoms. The number of hydrogen-bond acceptors (Lipinski definition) is 5. The molecule has 0 spiro atoms. The Hall–Kier alpha value is -2.54. The van der Waals surface area contributed by atoms with Gasteiger partial charge in [-0.05, 0) is 16.7 Å². The van der Waals surface area contributed by atoms with Gasteiger partial charge in [-0.1, -0.05) is 91.0 Å². The summed E-state index contributed by atoms with van der Waals surface area (Å²) in [6, 6.07) is 30.2. The number of rotatable bonds is 9. The third kappa shape index (κ3) is 5.21. The van der Waals surface area contributed by atoms with Crippen molar-refractivity contribution < 1.29 is 23.7 Å². The Labute approximate surface area is 182 Å². The Kier molecular flexibility index (Phi) is 6.39. The zero-order chi connectivity index (χ0) is 20.9. The summed E-state index contributed by atoms with van der Waals surface area (Å²) in [6.07, 6.45) is -1.70. The zero-order valence-corrected chi connectivity index (χ0v) is 17.2. The maximum absolute atomic E-state index is 6.31. The monoisotopic (exact) mass is 418 g/mol. The number of ether oxygens (including phenoxy) is 5. The molecule has 3 aromatic rings. The van der Waals surface area contributed by atoms with Gasteiger partial charge in [-0.15, -0.1) is 0 Å². The molecule has 2 fully saturated rings. The molecule has 160 valence electrons. The molecule has 0 saturated carbocycles. The quantitative estimate of drug-likeness (QED) is 0.481.